The van der Waals surface area contributed by atoms with Gasteiger partial charge in [0.2, 0.25) is 0 Å². The van der Waals surface area contributed by atoms with Crippen LogP contribution in [0.3, 0.4) is 0 Å². The molecule has 4 heterocycles. The minimum Gasteiger partial charge on any atom is -0.337 e. The van der Waals surface area contributed by atoms with Gasteiger partial charge in [-0.05, 0) is 19.4 Å². The van der Waals surface area contributed by atoms with Crippen LogP contribution in [0.25, 0.3) is 0 Å². The molecule has 8 nitrogen and oxygen atoms in total. The fourth-order valence-electron chi connectivity index (χ4n) is 3.31. The lowest BCUT2D eigenvalue weighted by molar-refractivity contribution is 0.194. The molecule has 3 aromatic rings. The van der Waals surface area contributed by atoms with Crippen molar-refractivity contribution in [3.63, 3.8) is 0 Å². The maximum atomic E-state index is 4.63. The lowest BCUT2D eigenvalue weighted by Crippen LogP contribution is -2.34. The Bertz CT molecular complexity index is 830. The zero-order valence-electron chi connectivity index (χ0n) is 14.8. The molecule has 0 unspecified atom stereocenters. The summed E-state index contributed by atoms with van der Waals surface area (Å²) >= 11 is 0. The van der Waals surface area contributed by atoms with Crippen molar-refractivity contribution in [2.75, 3.05) is 18.4 Å². The van der Waals surface area contributed by atoms with Gasteiger partial charge in [0.05, 0.1) is 36.3 Å². The van der Waals surface area contributed by atoms with E-state index in [1.165, 1.54) is 12.1 Å². The van der Waals surface area contributed by atoms with E-state index >= 15 is 0 Å². The average Bonchev–Trinajstić information content (AvgIpc) is 3.08. The molecule has 1 N–H and O–H groups in total. The highest BCUT2D eigenvalue weighted by atomic mass is 15.2. The highest BCUT2D eigenvalue weighted by Crippen LogP contribution is 2.26. The van der Waals surface area contributed by atoms with Gasteiger partial charge in [0, 0.05) is 44.6 Å². The average molecular weight is 350 g/mol. The van der Waals surface area contributed by atoms with Crippen LogP contribution in [-0.2, 0) is 13.6 Å². The second-order valence-electron chi connectivity index (χ2n) is 6.61. The lowest BCUT2D eigenvalue weighted by Gasteiger charge is -2.32. The molecule has 3 aromatic heterocycles. The molecule has 1 saturated heterocycles. The van der Waals surface area contributed by atoms with E-state index in [9.17, 15) is 0 Å². The van der Waals surface area contributed by atoms with E-state index in [0.717, 1.165) is 31.7 Å². The number of aryl methyl sites for hydroxylation is 1. The first-order chi connectivity index (χ1) is 12.8. The molecule has 0 aromatic carbocycles. The topological polar surface area (TPSA) is 84.7 Å². The molecule has 0 saturated carbocycles. The van der Waals surface area contributed by atoms with Gasteiger partial charge in [-0.2, -0.15) is 0 Å². The van der Waals surface area contributed by atoms with E-state index in [-0.39, 0.29) is 0 Å². The van der Waals surface area contributed by atoms with Crippen LogP contribution in [0.15, 0.2) is 43.5 Å². The summed E-state index contributed by atoms with van der Waals surface area (Å²) < 4.78 is 2.08. The predicted molar refractivity (Wildman–Crippen MR) is 97.8 cm³/mol. The van der Waals surface area contributed by atoms with E-state index in [1.54, 1.807) is 24.8 Å². The summed E-state index contributed by atoms with van der Waals surface area (Å²) in [6.45, 7) is 3.03. The SMILES string of the molecule is Cn1cncc1CN1CCC[C@@H](c2cnc(Nc3cnccn3)cn2)C1. The number of rotatable bonds is 5. The first-order valence-corrected chi connectivity index (χ1v) is 8.80. The van der Waals surface area contributed by atoms with Crippen LogP contribution in [-0.4, -0.2) is 47.5 Å². The van der Waals surface area contributed by atoms with Crippen LogP contribution in [0.4, 0.5) is 11.6 Å². The van der Waals surface area contributed by atoms with Gasteiger partial charge in [0.25, 0.3) is 0 Å². The predicted octanol–water partition coefficient (Wildman–Crippen LogP) is 2.12. The third-order valence-corrected chi connectivity index (χ3v) is 4.72. The number of imidazole rings is 1. The molecule has 26 heavy (non-hydrogen) atoms. The Kier molecular flexibility index (Phi) is 4.83. The Balaban J connectivity index is 1.39. The minimum absolute atomic E-state index is 0.412. The van der Waals surface area contributed by atoms with Gasteiger partial charge in [-0.3, -0.25) is 14.9 Å². The monoisotopic (exact) mass is 350 g/mol. The standard InChI is InChI=1S/C18H22N8/c1-25-13-20-7-15(25)12-26-6-2-3-14(11-26)16-8-23-18(10-22-16)24-17-9-19-4-5-21-17/h4-5,7-10,13-14H,2-3,6,11-12H2,1H3,(H,21,23,24)/t14-/m1/s1. The number of hydrogen-bond donors (Lipinski definition) is 1. The maximum Gasteiger partial charge on any atom is 0.150 e. The van der Waals surface area contributed by atoms with Crippen molar-refractivity contribution in [2.24, 2.45) is 7.05 Å². The molecule has 8 heteroatoms. The summed E-state index contributed by atoms with van der Waals surface area (Å²) in [7, 11) is 2.04. The molecule has 0 radical (unpaired) electrons. The number of aromatic nitrogens is 6. The Morgan fingerprint density at radius 2 is 1.96 bits per heavy atom. The third-order valence-electron chi connectivity index (χ3n) is 4.72. The number of likely N-dealkylation sites (tertiary alicyclic amines) is 1. The second-order valence-corrected chi connectivity index (χ2v) is 6.61. The summed E-state index contributed by atoms with van der Waals surface area (Å²) in [5.74, 6) is 1.75. The molecule has 0 spiro atoms. The molecular weight excluding hydrogens is 328 g/mol. The van der Waals surface area contributed by atoms with E-state index < -0.39 is 0 Å². The molecule has 4 rings (SSSR count). The van der Waals surface area contributed by atoms with Crippen molar-refractivity contribution in [1.29, 1.82) is 0 Å². The number of piperidine rings is 1. The first-order valence-electron chi connectivity index (χ1n) is 8.80. The number of hydrogen-bond acceptors (Lipinski definition) is 7. The van der Waals surface area contributed by atoms with E-state index in [1.807, 2.05) is 25.8 Å². The Hall–Kier alpha value is -2.87. The van der Waals surface area contributed by atoms with E-state index in [4.69, 9.17) is 0 Å². The highest BCUT2D eigenvalue weighted by molar-refractivity contribution is 5.48. The molecule has 1 aliphatic rings. The number of anilines is 2. The van der Waals surface area contributed by atoms with Crippen LogP contribution in [0, 0.1) is 0 Å². The van der Waals surface area contributed by atoms with Crippen molar-refractivity contribution >= 4 is 11.6 Å². The fraction of sp³-hybridized carbons (Fsp3) is 0.389. The maximum absolute atomic E-state index is 4.63. The number of nitrogens with zero attached hydrogens (tertiary/aromatic N) is 7. The Morgan fingerprint density at radius 3 is 2.69 bits per heavy atom. The quantitative estimate of drug-likeness (QED) is 0.754. The largest absolute Gasteiger partial charge is 0.337 e. The van der Waals surface area contributed by atoms with Crippen LogP contribution >= 0.6 is 0 Å². The van der Waals surface area contributed by atoms with Crippen LogP contribution in [0.2, 0.25) is 0 Å². The van der Waals surface area contributed by atoms with Gasteiger partial charge >= 0.3 is 0 Å². The van der Waals surface area contributed by atoms with Crippen molar-refractivity contribution in [3.8, 4) is 0 Å². The summed E-state index contributed by atoms with van der Waals surface area (Å²) in [5, 5.41) is 3.11. The normalized spacial score (nSPS) is 18.0. The molecule has 0 amide bonds. The van der Waals surface area contributed by atoms with Gasteiger partial charge in [-0.1, -0.05) is 0 Å². The summed E-state index contributed by atoms with van der Waals surface area (Å²) in [4.78, 5) is 24.0. The molecule has 1 fully saturated rings. The Labute approximate surface area is 152 Å². The molecule has 134 valence electrons. The van der Waals surface area contributed by atoms with Crippen molar-refractivity contribution in [2.45, 2.75) is 25.3 Å². The number of nitrogens with one attached hydrogen (secondary N) is 1. The van der Waals surface area contributed by atoms with Crippen LogP contribution < -0.4 is 5.32 Å². The zero-order chi connectivity index (χ0) is 17.8. The third kappa shape index (κ3) is 3.85. The molecule has 1 aliphatic heterocycles. The van der Waals surface area contributed by atoms with Crippen molar-refractivity contribution < 1.29 is 0 Å². The van der Waals surface area contributed by atoms with Gasteiger partial charge in [0.15, 0.2) is 0 Å². The molecule has 0 bridgehead atoms. The lowest BCUT2D eigenvalue weighted by atomic mass is 9.95. The summed E-state index contributed by atoms with van der Waals surface area (Å²) in [6, 6.07) is 0. The summed E-state index contributed by atoms with van der Waals surface area (Å²) in [6.07, 6.45) is 14.7. The van der Waals surface area contributed by atoms with Crippen LogP contribution in [0.5, 0.6) is 0 Å². The highest BCUT2D eigenvalue weighted by Gasteiger charge is 2.23. The van der Waals surface area contributed by atoms with Gasteiger partial charge in [0.1, 0.15) is 11.6 Å². The van der Waals surface area contributed by atoms with Crippen LogP contribution in [0.1, 0.15) is 30.1 Å². The molecule has 1 atom stereocenters. The van der Waals surface area contributed by atoms with Crippen molar-refractivity contribution in [1.82, 2.24) is 34.4 Å². The van der Waals surface area contributed by atoms with Gasteiger partial charge in [-0.25, -0.2) is 15.0 Å². The molecular formula is C18H22N8. The van der Waals surface area contributed by atoms with Gasteiger partial charge < -0.3 is 9.88 Å². The fourth-order valence-corrected chi connectivity index (χ4v) is 3.31. The zero-order valence-corrected chi connectivity index (χ0v) is 14.8. The second kappa shape index (κ2) is 7.57. The van der Waals surface area contributed by atoms with E-state index in [2.05, 4.69) is 39.7 Å². The summed E-state index contributed by atoms with van der Waals surface area (Å²) in [5.41, 5.74) is 2.28. The van der Waals surface area contributed by atoms with Crippen molar-refractivity contribution in [3.05, 3.63) is 54.9 Å². The first kappa shape index (κ1) is 16.6. The smallest absolute Gasteiger partial charge is 0.150 e. The van der Waals surface area contributed by atoms with Gasteiger partial charge in [-0.15, -0.1) is 0 Å². The van der Waals surface area contributed by atoms with E-state index in [0.29, 0.717) is 17.6 Å². The minimum atomic E-state index is 0.412. The molecule has 0 aliphatic carbocycles. The Morgan fingerprint density at radius 1 is 1.04 bits per heavy atom.